The number of nitrogens with one attached hydrogen (secondary N) is 2. The Hall–Kier alpha value is -2.44. The van der Waals surface area contributed by atoms with Crippen LogP contribution in [0.5, 0.6) is 0 Å². The number of ether oxygens (including phenoxy) is 1. The molecule has 0 bridgehead atoms. The smallest absolute Gasteiger partial charge is 0.274 e. The molecule has 2 amide bonds. The minimum absolute atomic E-state index is 0.0642. The molecule has 6 nitrogen and oxygen atoms in total. The van der Waals surface area contributed by atoms with Gasteiger partial charge in [-0.25, -0.2) is 0 Å². The van der Waals surface area contributed by atoms with E-state index >= 15 is 0 Å². The van der Waals surface area contributed by atoms with E-state index in [1.54, 1.807) is 24.3 Å². The second-order valence-electron chi connectivity index (χ2n) is 6.14. The van der Waals surface area contributed by atoms with E-state index in [0.717, 1.165) is 25.0 Å². The number of pyridine rings is 1. The van der Waals surface area contributed by atoms with Crippen molar-refractivity contribution in [2.75, 3.05) is 18.5 Å². The Morgan fingerprint density at radius 3 is 2.92 bits per heavy atom. The van der Waals surface area contributed by atoms with Crippen LogP contribution in [0.4, 0.5) is 5.69 Å². The van der Waals surface area contributed by atoms with Gasteiger partial charge < -0.3 is 15.4 Å². The summed E-state index contributed by atoms with van der Waals surface area (Å²) in [7, 11) is 0. The molecule has 2 aromatic rings. The molecule has 1 aromatic heterocycles. The Morgan fingerprint density at radius 1 is 1.31 bits per heavy atom. The number of benzene rings is 1. The van der Waals surface area contributed by atoms with Crippen molar-refractivity contribution >= 4 is 29.1 Å². The van der Waals surface area contributed by atoms with Gasteiger partial charge in [-0.05, 0) is 49.6 Å². The Bertz CT molecular complexity index is 819. The molecule has 1 fully saturated rings. The van der Waals surface area contributed by atoms with Crippen molar-refractivity contribution in [3.63, 3.8) is 0 Å². The summed E-state index contributed by atoms with van der Waals surface area (Å²) in [4.78, 5) is 28.8. The first-order chi connectivity index (χ1) is 12.5. The van der Waals surface area contributed by atoms with Gasteiger partial charge in [0, 0.05) is 35.6 Å². The fourth-order valence-electron chi connectivity index (χ4n) is 2.74. The minimum atomic E-state index is -0.399. The van der Waals surface area contributed by atoms with E-state index in [-0.39, 0.29) is 17.7 Å². The van der Waals surface area contributed by atoms with Gasteiger partial charge in [0.15, 0.2) is 0 Å². The summed E-state index contributed by atoms with van der Waals surface area (Å²) in [5.41, 5.74) is 1.92. The highest BCUT2D eigenvalue weighted by Gasteiger charge is 2.18. The lowest BCUT2D eigenvalue weighted by Crippen LogP contribution is -2.32. The van der Waals surface area contributed by atoms with E-state index in [2.05, 4.69) is 15.6 Å². The average molecular weight is 374 g/mol. The van der Waals surface area contributed by atoms with Gasteiger partial charge in [-0.15, -0.1) is 0 Å². The Labute approximate surface area is 156 Å². The quantitative estimate of drug-likeness (QED) is 0.843. The molecular formula is C19H20ClN3O3. The van der Waals surface area contributed by atoms with Crippen LogP contribution in [0.15, 0.2) is 36.5 Å². The van der Waals surface area contributed by atoms with E-state index in [4.69, 9.17) is 16.3 Å². The molecule has 1 atom stereocenters. The molecule has 2 N–H and O–H groups in total. The molecule has 0 spiro atoms. The highest BCUT2D eigenvalue weighted by molar-refractivity contribution is 6.31. The normalized spacial score (nSPS) is 16.3. The number of amides is 2. The second-order valence-corrected chi connectivity index (χ2v) is 6.55. The molecule has 1 aromatic carbocycles. The van der Waals surface area contributed by atoms with Crippen molar-refractivity contribution < 1.29 is 14.3 Å². The molecule has 7 heteroatoms. The first-order valence-corrected chi connectivity index (χ1v) is 8.84. The number of halogens is 1. The van der Waals surface area contributed by atoms with Crippen molar-refractivity contribution in [2.45, 2.75) is 25.9 Å². The fourth-order valence-corrected chi connectivity index (χ4v) is 2.91. The van der Waals surface area contributed by atoms with Crippen molar-refractivity contribution in [3.05, 3.63) is 58.4 Å². The number of carbonyl (C=O) groups is 2. The zero-order chi connectivity index (χ0) is 18.5. The Balaban J connectivity index is 1.66. The third-order valence-corrected chi connectivity index (χ3v) is 4.69. The van der Waals surface area contributed by atoms with Gasteiger partial charge in [0.25, 0.3) is 11.8 Å². The van der Waals surface area contributed by atoms with E-state index < -0.39 is 5.91 Å². The first kappa shape index (κ1) is 18.4. The molecule has 2 heterocycles. The van der Waals surface area contributed by atoms with Gasteiger partial charge in [-0.3, -0.25) is 14.6 Å². The summed E-state index contributed by atoms with van der Waals surface area (Å²) in [6, 6.07) is 8.32. The molecule has 1 aliphatic rings. The predicted molar refractivity (Wildman–Crippen MR) is 99.7 cm³/mol. The van der Waals surface area contributed by atoms with Crippen molar-refractivity contribution in [1.82, 2.24) is 10.3 Å². The third-order valence-electron chi connectivity index (χ3n) is 4.28. The van der Waals surface area contributed by atoms with Crippen molar-refractivity contribution in [3.8, 4) is 0 Å². The van der Waals surface area contributed by atoms with Crippen LogP contribution in [0, 0.1) is 6.92 Å². The Morgan fingerprint density at radius 2 is 2.15 bits per heavy atom. The number of nitrogens with zero attached hydrogens (tertiary/aromatic N) is 1. The lowest BCUT2D eigenvalue weighted by atomic mass is 10.1. The van der Waals surface area contributed by atoms with Crippen LogP contribution in [-0.2, 0) is 4.74 Å². The molecule has 26 heavy (non-hydrogen) atoms. The van der Waals surface area contributed by atoms with Crippen molar-refractivity contribution in [2.24, 2.45) is 0 Å². The maximum atomic E-state index is 12.5. The predicted octanol–water partition coefficient (Wildman–Crippen LogP) is 3.20. The lowest BCUT2D eigenvalue weighted by Gasteiger charge is -2.12. The molecule has 1 aliphatic heterocycles. The number of hydrogen-bond donors (Lipinski definition) is 2. The second kappa shape index (κ2) is 8.29. The van der Waals surface area contributed by atoms with Crippen LogP contribution in [-0.4, -0.2) is 36.1 Å². The molecule has 0 aliphatic carbocycles. The molecule has 0 saturated carbocycles. The van der Waals surface area contributed by atoms with Crippen LogP contribution >= 0.6 is 11.6 Å². The summed E-state index contributed by atoms with van der Waals surface area (Å²) >= 11 is 6.07. The largest absolute Gasteiger partial charge is 0.376 e. The van der Waals surface area contributed by atoms with Gasteiger partial charge in [0.2, 0.25) is 0 Å². The van der Waals surface area contributed by atoms with E-state index in [0.29, 0.717) is 22.8 Å². The summed E-state index contributed by atoms with van der Waals surface area (Å²) in [6.07, 6.45) is 3.47. The molecule has 1 saturated heterocycles. The van der Waals surface area contributed by atoms with Crippen LogP contribution in [0.1, 0.15) is 39.3 Å². The summed E-state index contributed by atoms with van der Waals surface area (Å²) in [6.45, 7) is 3.02. The highest BCUT2D eigenvalue weighted by atomic mass is 35.5. The van der Waals surface area contributed by atoms with Crippen LogP contribution in [0.25, 0.3) is 0 Å². The number of hydrogen-bond acceptors (Lipinski definition) is 4. The fraction of sp³-hybridized carbons (Fsp3) is 0.316. The third kappa shape index (κ3) is 4.39. The van der Waals surface area contributed by atoms with E-state index in [1.165, 1.54) is 12.3 Å². The van der Waals surface area contributed by atoms with Crippen LogP contribution < -0.4 is 10.6 Å². The monoisotopic (exact) mass is 373 g/mol. The van der Waals surface area contributed by atoms with Crippen LogP contribution in [0.3, 0.4) is 0 Å². The molecule has 0 radical (unpaired) electrons. The van der Waals surface area contributed by atoms with Gasteiger partial charge >= 0.3 is 0 Å². The number of rotatable bonds is 5. The van der Waals surface area contributed by atoms with Crippen LogP contribution in [0.2, 0.25) is 5.02 Å². The zero-order valence-corrected chi connectivity index (χ0v) is 15.2. The topological polar surface area (TPSA) is 80.3 Å². The maximum absolute atomic E-state index is 12.5. The van der Waals surface area contributed by atoms with E-state index in [1.807, 2.05) is 6.92 Å². The summed E-state index contributed by atoms with van der Waals surface area (Å²) in [5.74, 6) is -0.653. The highest BCUT2D eigenvalue weighted by Crippen LogP contribution is 2.23. The lowest BCUT2D eigenvalue weighted by molar-refractivity contribution is 0.0857. The molecular weight excluding hydrogens is 354 g/mol. The molecule has 136 valence electrons. The first-order valence-electron chi connectivity index (χ1n) is 8.47. The van der Waals surface area contributed by atoms with E-state index in [9.17, 15) is 9.59 Å². The standard InChI is InChI=1S/C19H20ClN3O3/c1-12-15(20)5-2-6-16(12)23-19(25)17-10-13(7-8-21-17)18(24)22-11-14-4-3-9-26-14/h2,5-8,10,14H,3-4,9,11H2,1H3,(H,22,24)(H,23,25). The van der Waals surface area contributed by atoms with Crippen molar-refractivity contribution in [1.29, 1.82) is 0 Å². The zero-order valence-electron chi connectivity index (χ0n) is 14.4. The van der Waals surface area contributed by atoms with Gasteiger partial charge in [-0.2, -0.15) is 0 Å². The SMILES string of the molecule is Cc1c(Cl)cccc1NC(=O)c1cc(C(=O)NCC2CCCO2)ccn1. The average Bonchev–Trinajstić information content (AvgIpc) is 3.17. The molecule has 1 unspecified atom stereocenters. The maximum Gasteiger partial charge on any atom is 0.274 e. The number of aromatic nitrogens is 1. The van der Waals surface area contributed by atoms with Gasteiger partial charge in [-0.1, -0.05) is 17.7 Å². The summed E-state index contributed by atoms with van der Waals surface area (Å²) < 4.78 is 5.49. The Kier molecular flexibility index (Phi) is 5.85. The van der Waals surface area contributed by atoms with Gasteiger partial charge in [0.1, 0.15) is 5.69 Å². The molecule has 3 rings (SSSR count). The number of carbonyl (C=O) groups excluding carboxylic acids is 2. The minimum Gasteiger partial charge on any atom is -0.376 e. The van der Waals surface area contributed by atoms with Gasteiger partial charge in [0.05, 0.1) is 6.10 Å². The number of anilines is 1. The summed E-state index contributed by atoms with van der Waals surface area (Å²) in [5, 5.41) is 6.17.